The molecule has 2 aromatic carbocycles. The van der Waals surface area contributed by atoms with E-state index in [0.717, 1.165) is 5.56 Å². The molecule has 0 aliphatic heterocycles. The van der Waals surface area contributed by atoms with Gasteiger partial charge in [0, 0.05) is 5.56 Å². The van der Waals surface area contributed by atoms with Gasteiger partial charge in [0.25, 0.3) is 0 Å². The van der Waals surface area contributed by atoms with Crippen molar-refractivity contribution in [1.82, 2.24) is 0 Å². The zero-order valence-electron chi connectivity index (χ0n) is 9.93. The summed E-state index contributed by atoms with van der Waals surface area (Å²) in [6, 6.07) is 18.2. The maximum absolute atomic E-state index is 5.92. The van der Waals surface area contributed by atoms with Crippen molar-refractivity contribution >= 4 is 5.84 Å². The summed E-state index contributed by atoms with van der Waals surface area (Å²) in [6.45, 7) is 2.70. The first kappa shape index (κ1) is 11.4. The smallest absolute Gasteiger partial charge is 0.125 e. The molecular weight excluding hydrogens is 208 g/mol. The van der Waals surface area contributed by atoms with Crippen LogP contribution in [-0.2, 0) is 6.54 Å². The summed E-state index contributed by atoms with van der Waals surface area (Å²) in [5.41, 5.74) is 9.33. The van der Waals surface area contributed by atoms with Crippen molar-refractivity contribution in [2.45, 2.75) is 13.5 Å². The van der Waals surface area contributed by atoms with Gasteiger partial charge in [0.2, 0.25) is 0 Å². The van der Waals surface area contributed by atoms with Gasteiger partial charge in [0.1, 0.15) is 5.84 Å². The molecule has 86 valence electrons. The van der Waals surface area contributed by atoms with Crippen molar-refractivity contribution in [3.63, 3.8) is 0 Å². The molecule has 0 atom stereocenters. The normalized spacial score (nSPS) is 11.5. The van der Waals surface area contributed by atoms with E-state index < -0.39 is 0 Å². The van der Waals surface area contributed by atoms with Crippen molar-refractivity contribution in [2.75, 3.05) is 0 Å². The van der Waals surface area contributed by atoms with Crippen molar-refractivity contribution in [1.29, 1.82) is 0 Å². The summed E-state index contributed by atoms with van der Waals surface area (Å²) in [5, 5.41) is 0. The first-order valence-corrected chi connectivity index (χ1v) is 5.66. The van der Waals surface area contributed by atoms with Gasteiger partial charge in [-0.3, -0.25) is 4.99 Å². The summed E-state index contributed by atoms with van der Waals surface area (Å²) in [6.07, 6.45) is 0. The van der Waals surface area contributed by atoms with E-state index in [0.29, 0.717) is 12.4 Å². The van der Waals surface area contributed by atoms with Gasteiger partial charge < -0.3 is 5.73 Å². The van der Waals surface area contributed by atoms with Crippen LogP contribution in [0.4, 0.5) is 0 Å². The Morgan fingerprint density at radius 2 is 1.65 bits per heavy atom. The highest BCUT2D eigenvalue weighted by atomic mass is 14.8. The molecule has 2 N–H and O–H groups in total. The summed E-state index contributed by atoms with van der Waals surface area (Å²) >= 11 is 0. The van der Waals surface area contributed by atoms with Crippen LogP contribution < -0.4 is 5.73 Å². The van der Waals surface area contributed by atoms with Gasteiger partial charge >= 0.3 is 0 Å². The second-order valence-electron chi connectivity index (χ2n) is 4.05. The van der Waals surface area contributed by atoms with Crippen LogP contribution in [0.3, 0.4) is 0 Å². The zero-order chi connectivity index (χ0) is 12.1. The van der Waals surface area contributed by atoms with E-state index in [2.05, 4.69) is 36.2 Å². The Kier molecular flexibility index (Phi) is 3.55. The molecule has 0 unspecified atom stereocenters. The minimum Gasteiger partial charge on any atom is -0.383 e. The molecule has 0 spiro atoms. The standard InChI is InChI=1S/C15H16N2/c1-12-7-9-13(10-8-12)11-17-15(16)14-5-3-2-4-6-14/h2-10H,11H2,1H3,(H2,16,17). The van der Waals surface area contributed by atoms with Gasteiger partial charge in [-0.1, -0.05) is 60.2 Å². The Labute approximate surface area is 102 Å². The van der Waals surface area contributed by atoms with Crippen LogP contribution in [0.25, 0.3) is 0 Å². The fraction of sp³-hybridized carbons (Fsp3) is 0.133. The van der Waals surface area contributed by atoms with Crippen LogP contribution in [0.15, 0.2) is 59.6 Å². The third-order valence-electron chi connectivity index (χ3n) is 2.62. The lowest BCUT2D eigenvalue weighted by Crippen LogP contribution is -2.13. The molecule has 0 saturated heterocycles. The van der Waals surface area contributed by atoms with Crippen LogP contribution in [-0.4, -0.2) is 5.84 Å². The average Bonchev–Trinajstić information content (AvgIpc) is 2.39. The molecule has 0 saturated carbocycles. The fourth-order valence-electron chi connectivity index (χ4n) is 1.57. The summed E-state index contributed by atoms with van der Waals surface area (Å²) in [4.78, 5) is 4.39. The fourth-order valence-corrected chi connectivity index (χ4v) is 1.57. The van der Waals surface area contributed by atoms with Crippen LogP contribution in [0.1, 0.15) is 16.7 Å². The van der Waals surface area contributed by atoms with Gasteiger partial charge in [-0.15, -0.1) is 0 Å². The molecule has 0 aliphatic carbocycles. The van der Waals surface area contributed by atoms with E-state index in [1.807, 2.05) is 30.3 Å². The summed E-state index contributed by atoms with van der Waals surface area (Å²) in [5.74, 6) is 0.589. The lowest BCUT2D eigenvalue weighted by atomic mass is 10.1. The molecule has 0 radical (unpaired) electrons. The predicted octanol–water partition coefficient (Wildman–Crippen LogP) is 2.90. The summed E-state index contributed by atoms with van der Waals surface area (Å²) < 4.78 is 0. The topological polar surface area (TPSA) is 38.4 Å². The van der Waals surface area contributed by atoms with Gasteiger partial charge in [-0.25, -0.2) is 0 Å². The molecule has 0 aliphatic rings. The van der Waals surface area contributed by atoms with Gasteiger partial charge in [0.15, 0.2) is 0 Å². The second kappa shape index (κ2) is 5.30. The highest BCUT2D eigenvalue weighted by Crippen LogP contribution is 2.05. The molecule has 2 aromatic rings. The molecule has 2 rings (SSSR count). The SMILES string of the molecule is Cc1ccc(CN=C(N)c2ccccc2)cc1. The van der Waals surface area contributed by atoms with Gasteiger partial charge in [-0.05, 0) is 12.5 Å². The Morgan fingerprint density at radius 1 is 1.00 bits per heavy atom. The Balaban J connectivity index is 2.08. The maximum atomic E-state index is 5.92. The van der Waals surface area contributed by atoms with E-state index in [9.17, 15) is 0 Å². The Hall–Kier alpha value is -2.09. The third kappa shape index (κ3) is 3.18. The number of nitrogens with two attached hydrogens (primary N) is 1. The van der Waals surface area contributed by atoms with Crippen molar-refractivity contribution < 1.29 is 0 Å². The number of aryl methyl sites for hydroxylation is 1. The Bertz CT molecular complexity index is 498. The minimum atomic E-state index is 0.589. The van der Waals surface area contributed by atoms with Crippen LogP contribution in [0.2, 0.25) is 0 Å². The van der Waals surface area contributed by atoms with Crippen LogP contribution in [0, 0.1) is 6.92 Å². The molecule has 0 heterocycles. The van der Waals surface area contributed by atoms with Crippen molar-refractivity contribution in [2.24, 2.45) is 10.7 Å². The predicted molar refractivity (Wildman–Crippen MR) is 72.0 cm³/mol. The van der Waals surface area contributed by atoms with Gasteiger partial charge in [0.05, 0.1) is 6.54 Å². The number of hydrogen-bond donors (Lipinski definition) is 1. The lowest BCUT2D eigenvalue weighted by molar-refractivity contribution is 1.06. The van der Waals surface area contributed by atoms with Crippen molar-refractivity contribution in [3.8, 4) is 0 Å². The van der Waals surface area contributed by atoms with Crippen LogP contribution in [0.5, 0.6) is 0 Å². The molecule has 2 nitrogen and oxygen atoms in total. The number of nitrogens with zero attached hydrogens (tertiary/aromatic N) is 1. The largest absolute Gasteiger partial charge is 0.383 e. The van der Waals surface area contributed by atoms with E-state index in [1.54, 1.807) is 0 Å². The molecular formula is C15H16N2. The quantitative estimate of drug-likeness (QED) is 0.632. The third-order valence-corrected chi connectivity index (χ3v) is 2.62. The molecule has 2 heteroatoms. The molecule has 0 fully saturated rings. The highest BCUT2D eigenvalue weighted by molar-refractivity contribution is 5.97. The van der Waals surface area contributed by atoms with E-state index >= 15 is 0 Å². The van der Waals surface area contributed by atoms with E-state index in [4.69, 9.17) is 5.73 Å². The average molecular weight is 224 g/mol. The van der Waals surface area contributed by atoms with E-state index in [1.165, 1.54) is 11.1 Å². The van der Waals surface area contributed by atoms with Crippen LogP contribution >= 0.6 is 0 Å². The number of hydrogen-bond acceptors (Lipinski definition) is 1. The lowest BCUT2D eigenvalue weighted by Gasteiger charge is -2.01. The Morgan fingerprint density at radius 3 is 2.29 bits per heavy atom. The number of benzene rings is 2. The number of aliphatic imine (C=N–C) groups is 1. The monoisotopic (exact) mass is 224 g/mol. The second-order valence-corrected chi connectivity index (χ2v) is 4.05. The highest BCUT2D eigenvalue weighted by Gasteiger charge is 1.96. The number of amidine groups is 1. The first-order valence-electron chi connectivity index (χ1n) is 5.66. The summed E-state index contributed by atoms with van der Waals surface area (Å²) in [7, 11) is 0. The number of rotatable bonds is 3. The molecule has 0 amide bonds. The maximum Gasteiger partial charge on any atom is 0.125 e. The molecule has 17 heavy (non-hydrogen) atoms. The molecule has 0 bridgehead atoms. The first-order chi connectivity index (χ1) is 8.25. The van der Waals surface area contributed by atoms with Crippen molar-refractivity contribution in [3.05, 3.63) is 71.3 Å². The minimum absolute atomic E-state index is 0.589. The molecule has 0 aromatic heterocycles. The van der Waals surface area contributed by atoms with Gasteiger partial charge in [-0.2, -0.15) is 0 Å². The van der Waals surface area contributed by atoms with E-state index in [-0.39, 0.29) is 0 Å². The zero-order valence-corrected chi connectivity index (χ0v) is 9.93.